The highest BCUT2D eigenvalue weighted by molar-refractivity contribution is 5.89. The predicted molar refractivity (Wildman–Crippen MR) is 89.6 cm³/mol. The highest BCUT2D eigenvalue weighted by Crippen LogP contribution is 2.37. The molecule has 1 aliphatic heterocycles. The van der Waals surface area contributed by atoms with Gasteiger partial charge < -0.3 is 15.5 Å². The van der Waals surface area contributed by atoms with Crippen LogP contribution in [0.2, 0.25) is 0 Å². The summed E-state index contributed by atoms with van der Waals surface area (Å²) < 4.78 is 38.5. The van der Waals surface area contributed by atoms with Crippen LogP contribution in [-0.4, -0.2) is 36.3 Å². The Balaban J connectivity index is 1.50. The van der Waals surface area contributed by atoms with Crippen molar-refractivity contribution in [2.75, 3.05) is 23.3 Å². The van der Waals surface area contributed by atoms with Crippen LogP contribution in [0, 0.1) is 5.92 Å². The highest BCUT2D eigenvalue weighted by Gasteiger charge is 2.42. The number of alkyl halides is 3. The molecule has 2 fully saturated rings. The monoisotopic (exact) mass is 356 g/mol. The van der Waals surface area contributed by atoms with E-state index in [1.807, 2.05) is 6.07 Å². The number of urea groups is 1. The van der Waals surface area contributed by atoms with E-state index in [0.717, 1.165) is 31.7 Å². The summed E-state index contributed by atoms with van der Waals surface area (Å²) in [4.78, 5) is 18.6. The summed E-state index contributed by atoms with van der Waals surface area (Å²) in [5.41, 5.74) is 0.531. The average molecular weight is 356 g/mol. The minimum Gasteiger partial charge on any atom is -0.357 e. The fraction of sp³-hybridized carbons (Fsp3) is 0.647. The number of amides is 2. The van der Waals surface area contributed by atoms with Gasteiger partial charge in [-0.1, -0.05) is 6.42 Å². The molecule has 2 amide bonds. The number of halogens is 3. The van der Waals surface area contributed by atoms with Crippen LogP contribution in [0.25, 0.3) is 0 Å². The molecule has 1 aromatic heterocycles. The molecule has 0 spiro atoms. The predicted octanol–water partition coefficient (Wildman–Crippen LogP) is 3.92. The molecule has 138 valence electrons. The quantitative estimate of drug-likeness (QED) is 0.863. The molecule has 1 saturated carbocycles. The molecule has 5 nitrogen and oxygen atoms in total. The number of anilines is 2. The number of nitrogens with zero attached hydrogens (tertiary/aromatic N) is 2. The third-order valence-electron chi connectivity index (χ3n) is 4.91. The summed E-state index contributed by atoms with van der Waals surface area (Å²) in [6.45, 7) is 1.98. The minimum absolute atomic E-state index is 0.0525. The minimum atomic E-state index is -4.19. The average Bonchev–Trinajstić information content (AvgIpc) is 3.09. The van der Waals surface area contributed by atoms with E-state index < -0.39 is 24.2 Å². The fourth-order valence-corrected chi connectivity index (χ4v) is 3.56. The van der Waals surface area contributed by atoms with E-state index in [9.17, 15) is 18.0 Å². The molecule has 3 rings (SSSR count). The maximum absolute atomic E-state index is 12.8. The van der Waals surface area contributed by atoms with Gasteiger partial charge in [-0.25, -0.2) is 9.78 Å². The van der Waals surface area contributed by atoms with E-state index in [0.29, 0.717) is 18.5 Å². The number of nitrogens with one attached hydrogen (secondary N) is 2. The Hall–Kier alpha value is -1.99. The third kappa shape index (κ3) is 4.76. The van der Waals surface area contributed by atoms with Crippen molar-refractivity contribution in [1.29, 1.82) is 0 Å². The summed E-state index contributed by atoms with van der Waals surface area (Å²) in [6, 6.07) is 2.68. The smallest absolute Gasteiger partial charge is 0.357 e. The molecule has 2 unspecified atom stereocenters. The molecular formula is C17H23F3N4O. The number of aromatic nitrogens is 1. The molecule has 0 bridgehead atoms. The largest absolute Gasteiger partial charge is 0.391 e. The Labute approximate surface area is 145 Å². The Kier molecular flexibility index (Phi) is 5.34. The van der Waals surface area contributed by atoms with Crippen LogP contribution in [-0.2, 0) is 0 Å². The van der Waals surface area contributed by atoms with Crippen molar-refractivity contribution < 1.29 is 18.0 Å². The van der Waals surface area contributed by atoms with E-state index in [1.54, 1.807) is 12.3 Å². The SMILES string of the molecule is O=C(Nc1ccc(N2CCCC2)nc1)NC1CCCC(C(F)(F)F)C1. The molecule has 0 aromatic carbocycles. The Bertz CT molecular complexity index is 585. The van der Waals surface area contributed by atoms with E-state index in [4.69, 9.17) is 0 Å². The van der Waals surface area contributed by atoms with Gasteiger partial charge >= 0.3 is 12.2 Å². The molecular weight excluding hydrogens is 333 g/mol. The zero-order valence-corrected chi connectivity index (χ0v) is 14.0. The molecule has 25 heavy (non-hydrogen) atoms. The lowest BCUT2D eigenvalue weighted by Crippen LogP contribution is -2.43. The first-order chi connectivity index (χ1) is 11.9. The van der Waals surface area contributed by atoms with Crippen molar-refractivity contribution in [1.82, 2.24) is 10.3 Å². The normalized spacial score (nSPS) is 24.2. The van der Waals surface area contributed by atoms with Crippen molar-refractivity contribution >= 4 is 17.5 Å². The number of hydrogen-bond acceptors (Lipinski definition) is 3. The molecule has 2 N–H and O–H groups in total. The van der Waals surface area contributed by atoms with Gasteiger partial charge in [-0.3, -0.25) is 0 Å². The van der Waals surface area contributed by atoms with Crippen molar-refractivity contribution in [2.24, 2.45) is 5.92 Å². The Morgan fingerprint density at radius 2 is 1.92 bits per heavy atom. The van der Waals surface area contributed by atoms with Gasteiger partial charge in [0.25, 0.3) is 0 Å². The van der Waals surface area contributed by atoms with Crippen molar-refractivity contribution in [3.63, 3.8) is 0 Å². The molecule has 2 heterocycles. The lowest BCUT2D eigenvalue weighted by molar-refractivity contribution is -0.183. The first-order valence-electron chi connectivity index (χ1n) is 8.77. The summed E-state index contributed by atoms with van der Waals surface area (Å²) >= 11 is 0. The maximum Gasteiger partial charge on any atom is 0.391 e. The highest BCUT2D eigenvalue weighted by atomic mass is 19.4. The standard InChI is InChI=1S/C17H23F3N4O/c18-17(19,20)12-4-3-5-13(10-12)22-16(25)23-14-6-7-15(21-11-14)24-8-1-2-9-24/h6-7,11-13H,1-5,8-10H2,(H2,22,23,25). The molecule has 1 aliphatic carbocycles. The number of carbonyl (C=O) groups is 1. The zero-order chi connectivity index (χ0) is 17.9. The number of pyridine rings is 1. The summed E-state index contributed by atoms with van der Waals surface area (Å²) in [6.07, 6.45) is 0.842. The first kappa shape index (κ1) is 17.8. The van der Waals surface area contributed by atoms with Crippen LogP contribution in [0.4, 0.5) is 29.5 Å². The van der Waals surface area contributed by atoms with Gasteiger partial charge in [-0.15, -0.1) is 0 Å². The van der Waals surface area contributed by atoms with Crippen LogP contribution < -0.4 is 15.5 Å². The van der Waals surface area contributed by atoms with E-state index >= 15 is 0 Å². The number of hydrogen-bond donors (Lipinski definition) is 2. The van der Waals surface area contributed by atoms with Crippen LogP contribution in [0.15, 0.2) is 18.3 Å². The molecule has 2 atom stereocenters. The van der Waals surface area contributed by atoms with Crippen LogP contribution in [0.1, 0.15) is 38.5 Å². The second-order valence-corrected chi connectivity index (χ2v) is 6.80. The summed E-state index contributed by atoms with van der Waals surface area (Å²) in [5, 5.41) is 5.30. The maximum atomic E-state index is 12.8. The van der Waals surface area contributed by atoms with Crippen LogP contribution >= 0.6 is 0 Å². The number of carbonyl (C=O) groups excluding carboxylic acids is 1. The fourth-order valence-electron chi connectivity index (χ4n) is 3.56. The summed E-state index contributed by atoms with van der Waals surface area (Å²) in [7, 11) is 0. The molecule has 1 aromatic rings. The second-order valence-electron chi connectivity index (χ2n) is 6.80. The lowest BCUT2D eigenvalue weighted by atomic mass is 9.85. The first-order valence-corrected chi connectivity index (χ1v) is 8.77. The summed E-state index contributed by atoms with van der Waals surface area (Å²) in [5.74, 6) is -0.447. The van der Waals surface area contributed by atoms with Gasteiger partial charge in [0.1, 0.15) is 5.82 Å². The van der Waals surface area contributed by atoms with Crippen LogP contribution in [0.3, 0.4) is 0 Å². The van der Waals surface area contributed by atoms with Crippen molar-refractivity contribution in [2.45, 2.75) is 50.7 Å². The Morgan fingerprint density at radius 3 is 2.56 bits per heavy atom. The van der Waals surface area contributed by atoms with E-state index in [-0.39, 0.29) is 12.8 Å². The topological polar surface area (TPSA) is 57.3 Å². The second kappa shape index (κ2) is 7.49. The lowest BCUT2D eigenvalue weighted by Gasteiger charge is -2.31. The van der Waals surface area contributed by atoms with Gasteiger partial charge in [-0.2, -0.15) is 13.2 Å². The molecule has 2 aliphatic rings. The van der Waals surface area contributed by atoms with Gasteiger partial charge in [-0.05, 0) is 44.2 Å². The van der Waals surface area contributed by atoms with Crippen LogP contribution in [0.5, 0.6) is 0 Å². The van der Waals surface area contributed by atoms with Crippen molar-refractivity contribution in [3.8, 4) is 0 Å². The van der Waals surface area contributed by atoms with Gasteiger partial charge in [0.2, 0.25) is 0 Å². The number of rotatable bonds is 3. The van der Waals surface area contributed by atoms with E-state index in [1.165, 1.54) is 0 Å². The van der Waals surface area contributed by atoms with Gasteiger partial charge in [0.05, 0.1) is 17.8 Å². The van der Waals surface area contributed by atoms with Gasteiger partial charge in [0.15, 0.2) is 0 Å². The molecule has 8 heteroatoms. The van der Waals surface area contributed by atoms with E-state index in [2.05, 4.69) is 20.5 Å². The third-order valence-corrected chi connectivity index (χ3v) is 4.91. The van der Waals surface area contributed by atoms with Crippen molar-refractivity contribution in [3.05, 3.63) is 18.3 Å². The molecule has 0 radical (unpaired) electrons. The zero-order valence-electron chi connectivity index (χ0n) is 14.0. The molecule has 1 saturated heterocycles. The Morgan fingerprint density at radius 1 is 1.16 bits per heavy atom. The van der Waals surface area contributed by atoms with Gasteiger partial charge in [0, 0.05) is 19.1 Å².